The van der Waals surface area contributed by atoms with Crippen molar-refractivity contribution in [1.29, 1.82) is 0 Å². The van der Waals surface area contributed by atoms with Crippen LogP contribution in [0.4, 0.5) is 20.4 Å². The number of benzene rings is 2. The minimum absolute atomic E-state index is 0.484. The van der Waals surface area contributed by atoms with Crippen LogP contribution in [0.1, 0.15) is 16.8 Å². The summed E-state index contributed by atoms with van der Waals surface area (Å²) in [5, 5.41) is 3.19. The maximum atomic E-state index is 13.4. The Balaban J connectivity index is 1.45. The van der Waals surface area contributed by atoms with Crippen LogP contribution in [-0.4, -0.2) is 28.5 Å². The Bertz CT molecular complexity index is 976. The van der Waals surface area contributed by atoms with Gasteiger partial charge in [0.05, 0.1) is 12.8 Å². The molecule has 1 aromatic heterocycles. The first-order chi connectivity index (χ1) is 13.6. The Kier molecular flexibility index (Phi) is 5.16. The van der Waals surface area contributed by atoms with E-state index >= 15 is 0 Å². The van der Waals surface area contributed by atoms with Gasteiger partial charge in [-0.05, 0) is 29.8 Å². The van der Waals surface area contributed by atoms with Crippen molar-refractivity contribution in [2.24, 2.45) is 0 Å². The van der Waals surface area contributed by atoms with Gasteiger partial charge in [0.25, 0.3) is 0 Å². The van der Waals surface area contributed by atoms with Gasteiger partial charge in [0.2, 0.25) is 5.95 Å². The van der Waals surface area contributed by atoms with E-state index in [9.17, 15) is 8.78 Å². The first-order valence-electron chi connectivity index (χ1n) is 9.02. The molecule has 1 N–H and O–H groups in total. The summed E-state index contributed by atoms with van der Waals surface area (Å²) < 4.78 is 32.0. The second kappa shape index (κ2) is 7.90. The van der Waals surface area contributed by atoms with E-state index in [1.165, 1.54) is 12.1 Å². The molecule has 28 heavy (non-hydrogen) atoms. The number of ether oxygens (including phenoxy) is 1. The van der Waals surface area contributed by atoms with Gasteiger partial charge in [0, 0.05) is 55.6 Å². The van der Waals surface area contributed by atoms with Gasteiger partial charge < -0.3 is 10.1 Å². The molecule has 1 aliphatic rings. The van der Waals surface area contributed by atoms with Gasteiger partial charge in [-0.2, -0.15) is 0 Å². The molecule has 2 aromatic carbocycles. The summed E-state index contributed by atoms with van der Waals surface area (Å²) in [5.74, 6) is 0.188. The van der Waals surface area contributed by atoms with Crippen molar-refractivity contribution >= 4 is 11.6 Å². The summed E-state index contributed by atoms with van der Waals surface area (Å²) in [6, 6.07) is 11.2. The SMILES string of the molecule is COc1cccc(Nc2ncc3c(n2)CCN(Cc2cc(F)cc(F)c2)C3)c1. The average molecular weight is 382 g/mol. The van der Waals surface area contributed by atoms with Crippen molar-refractivity contribution in [2.75, 3.05) is 19.0 Å². The van der Waals surface area contributed by atoms with Crippen LogP contribution in [0, 0.1) is 11.6 Å². The average Bonchev–Trinajstić information content (AvgIpc) is 2.67. The Morgan fingerprint density at radius 3 is 2.75 bits per heavy atom. The molecule has 2 heterocycles. The van der Waals surface area contributed by atoms with E-state index in [2.05, 4.69) is 20.2 Å². The minimum Gasteiger partial charge on any atom is -0.497 e. The van der Waals surface area contributed by atoms with E-state index in [-0.39, 0.29) is 0 Å². The Hall–Kier alpha value is -3.06. The molecule has 0 fully saturated rings. The molecule has 1 aliphatic heterocycles. The lowest BCUT2D eigenvalue weighted by Crippen LogP contribution is -2.31. The molecule has 4 rings (SSSR count). The van der Waals surface area contributed by atoms with Crippen molar-refractivity contribution < 1.29 is 13.5 Å². The highest BCUT2D eigenvalue weighted by molar-refractivity contribution is 5.56. The number of fused-ring (bicyclic) bond motifs is 1. The number of anilines is 2. The largest absolute Gasteiger partial charge is 0.497 e. The van der Waals surface area contributed by atoms with E-state index in [1.54, 1.807) is 7.11 Å². The van der Waals surface area contributed by atoms with Gasteiger partial charge in [-0.3, -0.25) is 4.90 Å². The zero-order valence-electron chi connectivity index (χ0n) is 15.5. The molecule has 0 unspecified atom stereocenters. The third kappa shape index (κ3) is 4.26. The zero-order chi connectivity index (χ0) is 19.5. The van der Waals surface area contributed by atoms with Crippen molar-refractivity contribution in [3.8, 4) is 5.75 Å². The predicted octanol–water partition coefficient (Wildman–Crippen LogP) is 4.07. The van der Waals surface area contributed by atoms with Crippen molar-refractivity contribution in [1.82, 2.24) is 14.9 Å². The molecule has 3 aromatic rings. The summed E-state index contributed by atoms with van der Waals surface area (Å²) in [7, 11) is 1.62. The van der Waals surface area contributed by atoms with Gasteiger partial charge >= 0.3 is 0 Å². The predicted molar refractivity (Wildman–Crippen MR) is 102 cm³/mol. The molecule has 0 radical (unpaired) electrons. The standard InChI is InChI=1S/C21H20F2N4O/c1-28-19-4-2-3-18(10-19)25-21-24-11-15-13-27(6-5-20(15)26-21)12-14-7-16(22)9-17(23)8-14/h2-4,7-11H,5-6,12-13H2,1H3,(H,24,25,26). The second-order valence-electron chi connectivity index (χ2n) is 6.76. The summed E-state index contributed by atoms with van der Waals surface area (Å²) in [6.07, 6.45) is 2.56. The minimum atomic E-state index is -0.552. The highest BCUT2D eigenvalue weighted by Crippen LogP contribution is 2.23. The van der Waals surface area contributed by atoms with Crippen LogP contribution >= 0.6 is 0 Å². The number of methoxy groups -OCH3 is 1. The Labute approximate surface area is 162 Å². The number of rotatable bonds is 5. The normalized spacial score (nSPS) is 13.8. The Morgan fingerprint density at radius 1 is 1.14 bits per heavy atom. The molecule has 0 saturated heterocycles. The highest BCUT2D eigenvalue weighted by Gasteiger charge is 2.19. The lowest BCUT2D eigenvalue weighted by atomic mass is 10.1. The number of halogens is 2. The first-order valence-corrected chi connectivity index (χ1v) is 9.02. The van der Waals surface area contributed by atoms with E-state index in [0.29, 0.717) is 24.6 Å². The van der Waals surface area contributed by atoms with E-state index < -0.39 is 11.6 Å². The highest BCUT2D eigenvalue weighted by atomic mass is 19.1. The lowest BCUT2D eigenvalue weighted by molar-refractivity contribution is 0.242. The van der Waals surface area contributed by atoms with Crippen LogP contribution in [0.15, 0.2) is 48.7 Å². The zero-order valence-corrected chi connectivity index (χ0v) is 15.5. The molecule has 0 saturated carbocycles. The molecule has 0 atom stereocenters. The fourth-order valence-corrected chi connectivity index (χ4v) is 3.36. The lowest BCUT2D eigenvalue weighted by Gasteiger charge is -2.28. The molecule has 0 amide bonds. The summed E-state index contributed by atoms with van der Waals surface area (Å²) >= 11 is 0. The molecule has 0 spiro atoms. The van der Waals surface area contributed by atoms with E-state index in [0.717, 1.165) is 41.7 Å². The first kappa shape index (κ1) is 18.3. The molecule has 0 aliphatic carbocycles. The van der Waals surface area contributed by atoms with Crippen LogP contribution in [0.5, 0.6) is 5.75 Å². The van der Waals surface area contributed by atoms with Gasteiger partial charge in [-0.1, -0.05) is 6.07 Å². The van der Waals surface area contributed by atoms with Crippen LogP contribution in [0.25, 0.3) is 0 Å². The quantitative estimate of drug-likeness (QED) is 0.721. The van der Waals surface area contributed by atoms with Gasteiger partial charge in [-0.25, -0.2) is 18.7 Å². The number of hydrogen-bond acceptors (Lipinski definition) is 5. The van der Waals surface area contributed by atoms with Crippen molar-refractivity contribution in [3.63, 3.8) is 0 Å². The van der Waals surface area contributed by atoms with Crippen LogP contribution in [0.3, 0.4) is 0 Å². The molecular formula is C21H20F2N4O. The maximum Gasteiger partial charge on any atom is 0.227 e. The maximum absolute atomic E-state index is 13.4. The van der Waals surface area contributed by atoms with E-state index in [1.807, 2.05) is 30.5 Å². The summed E-state index contributed by atoms with van der Waals surface area (Å²) in [6.45, 7) is 1.89. The number of aromatic nitrogens is 2. The molecule has 0 bridgehead atoms. The number of hydrogen-bond donors (Lipinski definition) is 1. The molecule has 5 nitrogen and oxygen atoms in total. The number of nitrogens with one attached hydrogen (secondary N) is 1. The fraction of sp³-hybridized carbons (Fsp3) is 0.238. The summed E-state index contributed by atoms with van der Waals surface area (Å²) in [4.78, 5) is 11.2. The van der Waals surface area contributed by atoms with Crippen LogP contribution < -0.4 is 10.1 Å². The van der Waals surface area contributed by atoms with E-state index in [4.69, 9.17) is 4.74 Å². The molecule has 7 heteroatoms. The van der Waals surface area contributed by atoms with Gasteiger partial charge in [0.1, 0.15) is 17.4 Å². The number of nitrogens with zero attached hydrogens (tertiary/aromatic N) is 3. The third-order valence-electron chi connectivity index (χ3n) is 4.67. The second-order valence-corrected chi connectivity index (χ2v) is 6.76. The smallest absolute Gasteiger partial charge is 0.227 e. The summed E-state index contributed by atoms with van der Waals surface area (Å²) in [5.41, 5.74) is 3.49. The molecular weight excluding hydrogens is 362 g/mol. The monoisotopic (exact) mass is 382 g/mol. The topological polar surface area (TPSA) is 50.3 Å². The Morgan fingerprint density at radius 2 is 1.96 bits per heavy atom. The van der Waals surface area contributed by atoms with Gasteiger partial charge in [0.15, 0.2) is 0 Å². The van der Waals surface area contributed by atoms with Gasteiger partial charge in [-0.15, -0.1) is 0 Å². The van der Waals surface area contributed by atoms with Crippen LogP contribution in [0.2, 0.25) is 0 Å². The van der Waals surface area contributed by atoms with Crippen LogP contribution in [-0.2, 0) is 19.5 Å². The van der Waals surface area contributed by atoms with Crippen molar-refractivity contribution in [2.45, 2.75) is 19.5 Å². The van der Waals surface area contributed by atoms with Crippen molar-refractivity contribution in [3.05, 3.63) is 77.1 Å². The molecule has 144 valence electrons. The third-order valence-corrected chi connectivity index (χ3v) is 4.67. The fourth-order valence-electron chi connectivity index (χ4n) is 3.36.